The molecule has 0 unspecified atom stereocenters. The molecule has 1 aliphatic heterocycles. The van der Waals surface area contributed by atoms with Gasteiger partial charge in [0.1, 0.15) is 0 Å². The van der Waals surface area contributed by atoms with E-state index >= 15 is 0 Å². The Kier molecular flexibility index (Phi) is 6.58. The van der Waals surface area contributed by atoms with Gasteiger partial charge in [0.15, 0.2) is 11.9 Å². The van der Waals surface area contributed by atoms with E-state index in [9.17, 15) is 9.59 Å². The van der Waals surface area contributed by atoms with Crippen LogP contribution in [0.5, 0.6) is 0 Å². The fourth-order valence-corrected chi connectivity index (χ4v) is 4.10. The predicted octanol–water partition coefficient (Wildman–Crippen LogP) is 4.12. The summed E-state index contributed by atoms with van der Waals surface area (Å²) < 4.78 is 7.35. The molecule has 2 amide bonds. The van der Waals surface area contributed by atoms with Crippen LogP contribution in [0, 0.1) is 0 Å². The van der Waals surface area contributed by atoms with E-state index < -0.39 is 6.10 Å². The maximum atomic E-state index is 13.2. The summed E-state index contributed by atoms with van der Waals surface area (Å²) in [4.78, 5) is 27.7. The molecule has 0 saturated carbocycles. The van der Waals surface area contributed by atoms with E-state index in [0.717, 1.165) is 22.4 Å². The molecule has 0 saturated heterocycles. The fraction of sp³-hybridized carbons (Fsp3) is 0.292. The molecule has 0 radical (unpaired) electrons. The van der Waals surface area contributed by atoms with Crippen molar-refractivity contribution in [3.05, 3.63) is 82.5 Å². The van der Waals surface area contributed by atoms with Crippen LogP contribution in [0.3, 0.4) is 0 Å². The molecule has 2 aromatic carbocycles. The molecule has 32 heavy (non-hydrogen) atoms. The summed E-state index contributed by atoms with van der Waals surface area (Å²) in [6.45, 7) is 3.40. The first-order chi connectivity index (χ1) is 15.5. The number of methoxy groups -OCH3 is 1. The number of hydrogen-bond acceptors (Lipinski definition) is 4. The number of fused-ring (bicyclic) bond motifs is 1. The number of benzene rings is 2. The van der Waals surface area contributed by atoms with Crippen LogP contribution >= 0.6 is 11.6 Å². The van der Waals surface area contributed by atoms with Crippen LogP contribution in [-0.2, 0) is 35.0 Å². The summed E-state index contributed by atoms with van der Waals surface area (Å²) in [5.74, 6) is 0.508. The Morgan fingerprint density at radius 2 is 1.84 bits per heavy atom. The van der Waals surface area contributed by atoms with Gasteiger partial charge in [-0.25, -0.2) is 0 Å². The number of halogens is 1. The summed E-state index contributed by atoms with van der Waals surface area (Å²) in [6.07, 6.45) is -0.679. The number of nitrogens with one attached hydrogen (secondary N) is 1. The Morgan fingerprint density at radius 1 is 1.12 bits per heavy atom. The molecular weight excluding hydrogens is 428 g/mol. The van der Waals surface area contributed by atoms with Crippen molar-refractivity contribution in [2.45, 2.75) is 38.5 Å². The Labute approximate surface area is 191 Å². The second-order valence-electron chi connectivity index (χ2n) is 7.60. The summed E-state index contributed by atoms with van der Waals surface area (Å²) in [5.41, 5.74) is 4.06. The lowest BCUT2D eigenvalue weighted by Gasteiger charge is -2.23. The number of rotatable bonds is 7. The number of aromatic nitrogens is 2. The van der Waals surface area contributed by atoms with E-state index in [0.29, 0.717) is 36.9 Å². The van der Waals surface area contributed by atoms with Gasteiger partial charge in [-0.05, 0) is 30.2 Å². The van der Waals surface area contributed by atoms with Gasteiger partial charge in [-0.3, -0.25) is 14.3 Å². The lowest BCUT2D eigenvalue weighted by Crippen LogP contribution is -2.32. The van der Waals surface area contributed by atoms with Crippen LogP contribution in [0.15, 0.2) is 54.6 Å². The maximum Gasteiger partial charge on any atom is 0.256 e. The third-order valence-electron chi connectivity index (χ3n) is 5.63. The van der Waals surface area contributed by atoms with Gasteiger partial charge >= 0.3 is 0 Å². The number of aryl methyl sites for hydroxylation is 1. The van der Waals surface area contributed by atoms with Gasteiger partial charge in [0, 0.05) is 30.7 Å². The zero-order valence-electron chi connectivity index (χ0n) is 18.0. The molecule has 4 rings (SSSR count). The van der Waals surface area contributed by atoms with Crippen LogP contribution < -0.4 is 5.32 Å². The minimum absolute atomic E-state index is 0.119. The van der Waals surface area contributed by atoms with Gasteiger partial charge < -0.3 is 15.0 Å². The van der Waals surface area contributed by atoms with Gasteiger partial charge in [0.05, 0.1) is 18.8 Å². The normalized spacial score (nSPS) is 13.7. The standard InChI is InChI=1S/C24H25ClN4O3/c1-3-29-20-15-28(24(31)21(32-2)17-7-5-4-6-8-17)14-19(20)22(27-29)26-23(30)18-11-9-16(13-25)10-12-18/h4-12,21H,3,13-15H2,1-2H3,(H,26,27,30)/t21-/m0/s1. The maximum absolute atomic E-state index is 13.2. The van der Waals surface area contributed by atoms with Crippen molar-refractivity contribution < 1.29 is 14.3 Å². The molecule has 1 aliphatic rings. The fourth-order valence-electron chi connectivity index (χ4n) is 3.92. The van der Waals surface area contributed by atoms with Gasteiger partial charge in [-0.15, -0.1) is 11.6 Å². The first kappa shape index (κ1) is 22.0. The van der Waals surface area contributed by atoms with Crippen molar-refractivity contribution in [3.63, 3.8) is 0 Å². The molecule has 1 atom stereocenters. The molecule has 0 bridgehead atoms. The van der Waals surface area contributed by atoms with Crippen molar-refractivity contribution in [1.82, 2.24) is 14.7 Å². The molecule has 8 heteroatoms. The zero-order chi connectivity index (χ0) is 22.7. The van der Waals surface area contributed by atoms with Gasteiger partial charge in [0.25, 0.3) is 11.8 Å². The average Bonchev–Trinajstić information content (AvgIpc) is 3.40. The summed E-state index contributed by atoms with van der Waals surface area (Å²) >= 11 is 5.83. The van der Waals surface area contributed by atoms with Crippen LogP contribution in [0.2, 0.25) is 0 Å². The van der Waals surface area contributed by atoms with Crippen molar-refractivity contribution in [2.75, 3.05) is 12.4 Å². The number of carbonyl (C=O) groups is 2. The quantitative estimate of drug-likeness (QED) is 0.547. The van der Waals surface area contributed by atoms with Crippen LogP contribution in [0.4, 0.5) is 5.82 Å². The van der Waals surface area contributed by atoms with E-state index in [1.165, 1.54) is 7.11 Å². The zero-order valence-corrected chi connectivity index (χ0v) is 18.8. The highest BCUT2D eigenvalue weighted by Crippen LogP contribution is 2.32. The summed E-state index contributed by atoms with van der Waals surface area (Å²) in [6, 6.07) is 16.6. The third kappa shape index (κ3) is 4.26. The highest BCUT2D eigenvalue weighted by Gasteiger charge is 2.34. The minimum Gasteiger partial charge on any atom is -0.367 e. The van der Waals surface area contributed by atoms with E-state index in [2.05, 4.69) is 10.4 Å². The number of alkyl halides is 1. The number of anilines is 1. The molecule has 1 N–H and O–H groups in total. The molecule has 0 spiro atoms. The Bertz CT molecular complexity index is 1110. The second kappa shape index (κ2) is 9.54. The van der Waals surface area contributed by atoms with Crippen molar-refractivity contribution in [2.24, 2.45) is 0 Å². The van der Waals surface area contributed by atoms with Crippen LogP contribution in [0.1, 0.15) is 45.8 Å². The lowest BCUT2D eigenvalue weighted by atomic mass is 10.1. The molecule has 0 fully saturated rings. The number of amides is 2. The number of hydrogen-bond donors (Lipinski definition) is 1. The molecule has 166 valence electrons. The topological polar surface area (TPSA) is 76.5 Å². The van der Waals surface area contributed by atoms with Crippen molar-refractivity contribution >= 4 is 29.2 Å². The first-order valence-electron chi connectivity index (χ1n) is 10.5. The van der Waals surface area contributed by atoms with Gasteiger partial charge in [-0.2, -0.15) is 5.10 Å². The number of ether oxygens (including phenoxy) is 1. The highest BCUT2D eigenvalue weighted by molar-refractivity contribution is 6.17. The smallest absolute Gasteiger partial charge is 0.256 e. The first-order valence-corrected chi connectivity index (χ1v) is 11.0. The van der Waals surface area contributed by atoms with E-state index in [-0.39, 0.29) is 11.8 Å². The minimum atomic E-state index is -0.679. The number of nitrogens with zero attached hydrogens (tertiary/aromatic N) is 3. The van der Waals surface area contributed by atoms with E-state index in [4.69, 9.17) is 16.3 Å². The highest BCUT2D eigenvalue weighted by atomic mass is 35.5. The number of carbonyl (C=O) groups excluding carboxylic acids is 2. The largest absolute Gasteiger partial charge is 0.367 e. The summed E-state index contributed by atoms with van der Waals surface area (Å²) in [5, 5.41) is 7.47. The Balaban J connectivity index is 1.54. The van der Waals surface area contributed by atoms with Gasteiger partial charge in [0.2, 0.25) is 0 Å². The lowest BCUT2D eigenvalue weighted by molar-refractivity contribution is -0.143. The molecule has 1 aromatic heterocycles. The van der Waals surface area contributed by atoms with E-state index in [1.54, 1.807) is 17.0 Å². The van der Waals surface area contributed by atoms with Crippen LogP contribution in [-0.4, -0.2) is 33.6 Å². The SMILES string of the molecule is CCn1nc(NC(=O)c2ccc(CCl)cc2)c2c1CN(C(=O)[C@@H](OC)c1ccccc1)C2. The van der Waals surface area contributed by atoms with Crippen molar-refractivity contribution in [3.8, 4) is 0 Å². The Hall–Kier alpha value is -3.16. The van der Waals surface area contributed by atoms with Gasteiger partial charge in [-0.1, -0.05) is 42.5 Å². The molecule has 2 heterocycles. The van der Waals surface area contributed by atoms with Crippen molar-refractivity contribution in [1.29, 1.82) is 0 Å². The summed E-state index contributed by atoms with van der Waals surface area (Å²) in [7, 11) is 1.54. The third-order valence-corrected chi connectivity index (χ3v) is 5.94. The predicted molar refractivity (Wildman–Crippen MR) is 122 cm³/mol. The molecule has 3 aromatic rings. The molecule has 0 aliphatic carbocycles. The van der Waals surface area contributed by atoms with E-state index in [1.807, 2.05) is 54.1 Å². The average molecular weight is 453 g/mol. The monoisotopic (exact) mass is 452 g/mol. The molecular formula is C24H25ClN4O3. The molecule has 7 nitrogen and oxygen atoms in total. The van der Waals surface area contributed by atoms with Crippen LogP contribution in [0.25, 0.3) is 0 Å². The Morgan fingerprint density at radius 3 is 2.47 bits per heavy atom. The second-order valence-corrected chi connectivity index (χ2v) is 7.86.